The van der Waals surface area contributed by atoms with Crippen LogP contribution in [0.5, 0.6) is 0 Å². The van der Waals surface area contributed by atoms with Crippen LogP contribution >= 0.6 is 11.8 Å². The van der Waals surface area contributed by atoms with Gasteiger partial charge in [0, 0.05) is 27.6 Å². The van der Waals surface area contributed by atoms with Crippen LogP contribution in [0.25, 0.3) is 0 Å². The minimum Gasteiger partial charge on any atom is -0.456 e. The molecule has 1 heterocycles. The molecule has 2 amide bonds. The van der Waals surface area contributed by atoms with E-state index in [2.05, 4.69) is 22.3 Å². The Hall–Kier alpha value is -3.78. The molecule has 0 bridgehead atoms. The van der Waals surface area contributed by atoms with Gasteiger partial charge < -0.3 is 20.7 Å². The van der Waals surface area contributed by atoms with E-state index in [1.165, 1.54) is 12.1 Å². The Morgan fingerprint density at radius 1 is 0.875 bits per heavy atom. The number of nitrogens with two attached hydrogens (primary N) is 1. The number of hydrogen-bond donors (Lipinski definition) is 2. The van der Waals surface area contributed by atoms with E-state index in [0.717, 1.165) is 21.2 Å². The van der Waals surface area contributed by atoms with Crippen LogP contribution in [-0.4, -0.2) is 30.9 Å². The van der Waals surface area contributed by atoms with Crippen LogP contribution in [0.1, 0.15) is 16.8 Å². The van der Waals surface area contributed by atoms with Crippen LogP contribution in [0.4, 0.5) is 17.1 Å². The van der Waals surface area contributed by atoms with Gasteiger partial charge in [-0.2, -0.15) is 0 Å². The Morgan fingerprint density at radius 3 is 2.06 bits per heavy atom. The molecule has 3 aromatic rings. The number of carbonyl (C=O) groups is 3. The van der Waals surface area contributed by atoms with Gasteiger partial charge in [0.05, 0.1) is 17.8 Å². The maximum Gasteiger partial charge on any atom is 0.308 e. The molecule has 1 aliphatic heterocycles. The number of rotatable bonds is 7. The van der Waals surface area contributed by atoms with Gasteiger partial charge in [0.2, 0.25) is 5.91 Å². The largest absolute Gasteiger partial charge is 0.456 e. The fraction of sp³-hybridized carbons (Fsp3) is 0.125. The summed E-state index contributed by atoms with van der Waals surface area (Å²) in [6, 6.07) is 22.2. The maximum atomic E-state index is 12.3. The second kappa shape index (κ2) is 9.57. The van der Waals surface area contributed by atoms with Crippen molar-refractivity contribution in [3.63, 3.8) is 0 Å². The first-order valence-electron chi connectivity index (χ1n) is 10.00. The summed E-state index contributed by atoms with van der Waals surface area (Å²) in [4.78, 5) is 39.8. The smallest absolute Gasteiger partial charge is 0.308 e. The number of carbonyl (C=O) groups excluding carboxylic acids is 3. The number of hydrogen-bond acceptors (Lipinski definition) is 6. The second-order valence-corrected chi connectivity index (χ2v) is 8.17. The highest BCUT2D eigenvalue weighted by Crippen LogP contribution is 2.47. The molecule has 32 heavy (non-hydrogen) atoms. The fourth-order valence-corrected chi connectivity index (χ4v) is 4.45. The minimum absolute atomic E-state index is 0.133. The summed E-state index contributed by atoms with van der Waals surface area (Å²) in [6.07, 6.45) is 0.133. The zero-order valence-corrected chi connectivity index (χ0v) is 17.9. The SMILES string of the molecule is NC(=O)c1ccc(NC(=O)COC(=O)CCN2c3ccccc3Sc3ccccc32)cc1. The lowest BCUT2D eigenvalue weighted by Crippen LogP contribution is -2.26. The van der Waals surface area contributed by atoms with Crippen molar-refractivity contribution >= 4 is 46.6 Å². The average Bonchev–Trinajstić information content (AvgIpc) is 2.80. The number of anilines is 3. The van der Waals surface area contributed by atoms with Crippen molar-refractivity contribution in [1.82, 2.24) is 0 Å². The summed E-state index contributed by atoms with van der Waals surface area (Å²) >= 11 is 1.70. The average molecular weight is 448 g/mol. The van der Waals surface area contributed by atoms with E-state index in [1.807, 2.05) is 36.4 Å². The number of benzene rings is 3. The first-order valence-corrected chi connectivity index (χ1v) is 10.8. The number of amides is 2. The quantitative estimate of drug-likeness (QED) is 0.532. The molecular formula is C24H21N3O4S. The molecule has 0 fully saturated rings. The summed E-state index contributed by atoms with van der Waals surface area (Å²) in [7, 11) is 0. The zero-order valence-electron chi connectivity index (χ0n) is 17.1. The molecule has 8 heteroatoms. The van der Waals surface area contributed by atoms with Crippen LogP contribution in [0, 0.1) is 0 Å². The number of fused-ring (bicyclic) bond motifs is 2. The monoisotopic (exact) mass is 447 g/mol. The van der Waals surface area contributed by atoms with E-state index >= 15 is 0 Å². The van der Waals surface area contributed by atoms with E-state index in [9.17, 15) is 14.4 Å². The normalized spacial score (nSPS) is 11.8. The van der Waals surface area contributed by atoms with E-state index in [0.29, 0.717) is 17.8 Å². The Morgan fingerprint density at radius 2 is 1.47 bits per heavy atom. The molecule has 0 atom stereocenters. The molecule has 1 aliphatic rings. The molecular weight excluding hydrogens is 426 g/mol. The van der Waals surface area contributed by atoms with Gasteiger partial charge in [0.1, 0.15) is 0 Å². The lowest BCUT2D eigenvalue weighted by molar-refractivity contribution is -0.147. The zero-order chi connectivity index (χ0) is 22.5. The third-order valence-electron chi connectivity index (χ3n) is 4.89. The van der Waals surface area contributed by atoms with Crippen LogP contribution < -0.4 is 16.0 Å². The van der Waals surface area contributed by atoms with Gasteiger partial charge >= 0.3 is 5.97 Å². The lowest BCUT2D eigenvalue weighted by atomic mass is 10.2. The molecule has 0 unspecified atom stereocenters. The van der Waals surface area contributed by atoms with Crippen LogP contribution in [0.15, 0.2) is 82.6 Å². The molecule has 0 saturated carbocycles. The first-order chi connectivity index (χ1) is 15.5. The number of para-hydroxylation sites is 2. The van der Waals surface area contributed by atoms with Gasteiger partial charge in [-0.1, -0.05) is 36.0 Å². The van der Waals surface area contributed by atoms with Gasteiger partial charge in [0.25, 0.3) is 5.91 Å². The highest BCUT2D eigenvalue weighted by molar-refractivity contribution is 7.99. The molecule has 0 spiro atoms. The molecule has 162 valence electrons. The highest BCUT2D eigenvalue weighted by Gasteiger charge is 2.23. The third kappa shape index (κ3) is 4.92. The molecule has 4 rings (SSSR count). The predicted molar refractivity (Wildman–Crippen MR) is 123 cm³/mol. The summed E-state index contributed by atoms with van der Waals surface area (Å²) in [5.41, 5.74) is 8.10. The van der Waals surface area contributed by atoms with Gasteiger partial charge in [-0.15, -0.1) is 0 Å². The van der Waals surface area contributed by atoms with Gasteiger partial charge in [-0.25, -0.2) is 0 Å². The van der Waals surface area contributed by atoms with Crippen molar-refractivity contribution < 1.29 is 19.1 Å². The number of nitrogens with one attached hydrogen (secondary N) is 1. The Bertz CT molecular complexity index is 1120. The van der Waals surface area contributed by atoms with Crippen molar-refractivity contribution in [3.8, 4) is 0 Å². The van der Waals surface area contributed by atoms with E-state index in [-0.39, 0.29) is 13.0 Å². The third-order valence-corrected chi connectivity index (χ3v) is 6.02. The highest BCUT2D eigenvalue weighted by atomic mass is 32.2. The van der Waals surface area contributed by atoms with Crippen molar-refractivity contribution in [2.75, 3.05) is 23.4 Å². The van der Waals surface area contributed by atoms with Crippen molar-refractivity contribution in [1.29, 1.82) is 0 Å². The van der Waals surface area contributed by atoms with Crippen molar-refractivity contribution in [2.45, 2.75) is 16.2 Å². The predicted octanol–water partition coefficient (Wildman–Crippen LogP) is 3.96. The van der Waals surface area contributed by atoms with Crippen molar-refractivity contribution in [3.05, 3.63) is 78.4 Å². The molecule has 7 nitrogen and oxygen atoms in total. The first kappa shape index (κ1) is 21.5. The van der Waals surface area contributed by atoms with E-state index < -0.39 is 17.8 Å². The van der Waals surface area contributed by atoms with Crippen LogP contribution in [-0.2, 0) is 14.3 Å². The number of esters is 1. The molecule has 0 aliphatic carbocycles. The molecule has 0 radical (unpaired) electrons. The topological polar surface area (TPSA) is 102 Å². The minimum atomic E-state index is -0.547. The summed E-state index contributed by atoms with van der Waals surface area (Å²) in [5.74, 6) is -1.47. The molecule has 0 aromatic heterocycles. The summed E-state index contributed by atoms with van der Waals surface area (Å²) in [6.45, 7) is 0.0447. The fourth-order valence-electron chi connectivity index (χ4n) is 3.36. The summed E-state index contributed by atoms with van der Waals surface area (Å²) < 4.78 is 5.15. The van der Waals surface area contributed by atoms with Crippen molar-refractivity contribution in [2.24, 2.45) is 5.73 Å². The number of ether oxygens (including phenoxy) is 1. The Kier molecular flexibility index (Phi) is 6.42. The van der Waals surface area contributed by atoms with Crippen LogP contribution in [0.3, 0.4) is 0 Å². The number of nitrogens with zero attached hydrogens (tertiary/aromatic N) is 1. The van der Waals surface area contributed by atoms with Crippen LogP contribution in [0.2, 0.25) is 0 Å². The van der Waals surface area contributed by atoms with E-state index in [4.69, 9.17) is 10.5 Å². The molecule has 3 N–H and O–H groups in total. The van der Waals surface area contributed by atoms with E-state index in [1.54, 1.807) is 23.9 Å². The van der Waals surface area contributed by atoms with Gasteiger partial charge in [-0.3, -0.25) is 14.4 Å². The standard InChI is InChI=1S/C24H21N3O4S/c25-24(30)16-9-11-17(12-10-16)26-22(28)15-31-23(29)13-14-27-18-5-1-3-7-20(18)32-21-8-4-2-6-19(21)27/h1-12H,13-15H2,(H2,25,30)(H,26,28). The second-order valence-electron chi connectivity index (χ2n) is 7.09. The number of primary amides is 1. The summed E-state index contributed by atoms with van der Waals surface area (Å²) in [5, 5.41) is 2.61. The maximum absolute atomic E-state index is 12.3. The van der Waals surface area contributed by atoms with Gasteiger partial charge in [-0.05, 0) is 48.5 Å². The van der Waals surface area contributed by atoms with Gasteiger partial charge in [0.15, 0.2) is 6.61 Å². The Labute approximate surface area is 189 Å². The lowest BCUT2D eigenvalue weighted by Gasteiger charge is -2.32. The molecule has 0 saturated heterocycles. The molecule has 3 aromatic carbocycles. The Balaban J connectivity index is 1.32.